The molecule has 0 aromatic rings. The van der Waals surface area contributed by atoms with Gasteiger partial charge < -0.3 is 30.5 Å². The van der Waals surface area contributed by atoms with Crippen molar-refractivity contribution in [1.82, 2.24) is 0 Å². The lowest BCUT2D eigenvalue weighted by molar-refractivity contribution is -0.139. The molecule has 0 bridgehead atoms. The smallest absolute Gasteiger partial charge is 0.480 e. The van der Waals surface area contributed by atoms with Gasteiger partial charge in [0.15, 0.2) is 0 Å². The Hall–Kier alpha value is -2.03. The molecule has 0 aliphatic rings. The van der Waals surface area contributed by atoms with E-state index in [1.165, 1.54) is 6.42 Å². The molecule has 3 unspecified atom stereocenters. The third-order valence-electron chi connectivity index (χ3n) is 3.18. The summed E-state index contributed by atoms with van der Waals surface area (Å²) in [5.74, 6) is 0.148. The molecule has 25 heavy (non-hydrogen) atoms. The van der Waals surface area contributed by atoms with Gasteiger partial charge in [-0.2, -0.15) is 0 Å². The second-order valence-electron chi connectivity index (χ2n) is 6.38. The van der Waals surface area contributed by atoms with Gasteiger partial charge in [-0.05, 0) is 38.0 Å². The van der Waals surface area contributed by atoms with Crippen molar-refractivity contribution in [1.29, 1.82) is 0 Å². The minimum Gasteiger partial charge on any atom is -0.480 e. The molecule has 3 atom stereocenters. The van der Waals surface area contributed by atoms with Gasteiger partial charge in [-0.15, -0.1) is 0 Å². The molecule has 0 amide bonds. The lowest BCUT2D eigenvalue weighted by Gasteiger charge is -2.16. The Morgan fingerprint density at radius 1 is 1.00 bits per heavy atom. The van der Waals surface area contributed by atoms with Crippen LogP contribution >= 0.6 is 0 Å². The van der Waals surface area contributed by atoms with E-state index in [1.807, 2.05) is 0 Å². The molecular formula is C16H31NO8. The molecule has 5 N–H and O–H groups in total. The first-order valence-electron chi connectivity index (χ1n) is 8.19. The second-order valence-corrected chi connectivity index (χ2v) is 6.38. The number of aliphatic carboxylic acids is 1. The van der Waals surface area contributed by atoms with Crippen molar-refractivity contribution in [3.05, 3.63) is 0 Å². The Bertz CT molecular complexity index is 396. The summed E-state index contributed by atoms with van der Waals surface area (Å²) in [5.41, 5.74) is 5.22. The first-order chi connectivity index (χ1) is 11.5. The van der Waals surface area contributed by atoms with Gasteiger partial charge in [-0.1, -0.05) is 27.2 Å². The molecule has 0 radical (unpaired) electrons. The van der Waals surface area contributed by atoms with Crippen molar-refractivity contribution in [2.24, 2.45) is 17.6 Å². The maximum absolute atomic E-state index is 11.3. The minimum atomic E-state index is -1.83. The zero-order valence-electron chi connectivity index (χ0n) is 15.3. The van der Waals surface area contributed by atoms with Gasteiger partial charge >= 0.3 is 18.3 Å². The Morgan fingerprint density at radius 3 is 1.96 bits per heavy atom. The molecule has 148 valence electrons. The molecule has 0 saturated heterocycles. The third-order valence-corrected chi connectivity index (χ3v) is 3.18. The molecule has 0 saturated carbocycles. The topological polar surface area (TPSA) is 156 Å². The number of carboxylic acid groups (broad SMARTS) is 3. The van der Waals surface area contributed by atoms with E-state index in [2.05, 4.69) is 25.5 Å². The van der Waals surface area contributed by atoms with Crippen molar-refractivity contribution >= 4 is 18.3 Å². The summed E-state index contributed by atoms with van der Waals surface area (Å²) in [7, 11) is 0. The van der Waals surface area contributed by atoms with Crippen molar-refractivity contribution in [3.8, 4) is 0 Å². The van der Waals surface area contributed by atoms with E-state index in [-0.39, 0.29) is 12.7 Å². The SMILES string of the molecule is CC(C)CC(C)CCCC(C)OC(=O)OCC(N)C(=O)O.O=C(O)O. The summed E-state index contributed by atoms with van der Waals surface area (Å²) in [6, 6.07) is -1.22. The molecule has 0 aromatic carbocycles. The standard InChI is InChI=1S/C15H29NO5.CH2O3/c1-10(2)8-11(3)6-5-7-12(4)21-15(19)20-9-13(16)14(17)18;2-1(3)4/h10-13H,5-9,16H2,1-4H3,(H,17,18);(H2,2,3,4). The molecule has 0 aliphatic heterocycles. The van der Waals surface area contributed by atoms with Crippen LogP contribution in [0.1, 0.15) is 53.4 Å². The summed E-state index contributed by atoms with van der Waals surface area (Å²) in [6.45, 7) is 8.06. The quantitative estimate of drug-likeness (QED) is 0.427. The first-order valence-corrected chi connectivity index (χ1v) is 8.19. The fourth-order valence-corrected chi connectivity index (χ4v) is 2.16. The molecule has 0 rings (SSSR count). The zero-order valence-corrected chi connectivity index (χ0v) is 15.3. The summed E-state index contributed by atoms with van der Waals surface area (Å²) in [5, 5.41) is 22.5. The highest BCUT2D eigenvalue weighted by molar-refractivity contribution is 5.73. The van der Waals surface area contributed by atoms with Gasteiger partial charge in [-0.25, -0.2) is 9.59 Å². The summed E-state index contributed by atoms with van der Waals surface area (Å²) in [4.78, 5) is 30.3. The van der Waals surface area contributed by atoms with Crippen LogP contribution in [-0.2, 0) is 14.3 Å². The predicted molar refractivity (Wildman–Crippen MR) is 90.6 cm³/mol. The minimum absolute atomic E-state index is 0.246. The largest absolute Gasteiger partial charge is 0.508 e. The fraction of sp³-hybridized carbons (Fsp3) is 0.812. The Kier molecular flexibility index (Phi) is 14.4. The van der Waals surface area contributed by atoms with E-state index >= 15 is 0 Å². The van der Waals surface area contributed by atoms with Crippen molar-refractivity contribution < 1.29 is 39.2 Å². The van der Waals surface area contributed by atoms with E-state index in [0.29, 0.717) is 11.8 Å². The summed E-state index contributed by atoms with van der Waals surface area (Å²) < 4.78 is 9.68. The van der Waals surface area contributed by atoms with Crippen LogP contribution in [0, 0.1) is 11.8 Å². The lowest BCUT2D eigenvalue weighted by Crippen LogP contribution is -2.36. The summed E-state index contributed by atoms with van der Waals surface area (Å²) >= 11 is 0. The van der Waals surface area contributed by atoms with Gasteiger partial charge in [0.25, 0.3) is 0 Å². The van der Waals surface area contributed by atoms with Gasteiger partial charge in [0, 0.05) is 0 Å². The van der Waals surface area contributed by atoms with Crippen molar-refractivity contribution in [2.45, 2.75) is 65.5 Å². The Morgan fingerprint density at radius 2 is 1.52 bits per heavy atom. The molecule has 0 aromatic heterocycles. The van der Waals surface area contributed by atoms with Gasteiger partial charge in [0.2, 0.25) is 0 Å². The average Bonchev–Trinajstić information content (AvgIpc) is 2.42. The number of hydrogen-bond acceptors (Lipinski definition) is 6. The van der Waals surface area contributed by atoms with Gasteiger partial charge in [-0.3, -0.25) is 4.79 Å². The van der Waals surface area contributed by atoms with Gasteiger partial charge in [0.1, 0.15) is 18.8 Å². The molecular weight excluding hydrogens is 334 g/mol. The van der Waals surface area contributed by atoms with Crippen LogP contribution in [0.25, 0.3) is 0 Å². The number of carbonyl (C=O) groups is 3. The molecule has 9 nitrogen and oxygen atoms in total. The first kappa shape index (κ1) is 25.2. The molecule has 0 heterocycles. The number of hydrogen-bond donors (Lipinski definition) is 4. The van der Waals surface area contributed by atoms with E-state index in [0.717, 1.165) is 19.3 Å². The maximum atomic E-state index is 11.3. The van der Waals surface area contributed by atoms with Crippen LogP contribution in [0.4, 0.5) is 9.59 Å². The molecule has 0 aliphatic carbocycles. The molecule has 0 spiro atoms. The Labute approximate surface area is 148 Å². The van der Waals surface area contributed by atoms with E-state index in [1.54, 1.807) is 6.92 Å². The van der Waals surface area contributed by atoms with E-state index < -0.39 is 24.3 Å². The molecule has 9 heteroatoms. The monoisotopic (exact) mass is 365 g/mol. The van der Waals surface area contributed by atoms with E-state index in [9.17, 15) is 9.59 Å². The fourth-order valence-electron chi connectivity index (χ4n) is 2.16. The number of rotatable bonds is 10. The zero-order chi connectivity index (χ0) is 20.0. The maximum Gasteiger partial charge on any atom is 0.508 e. The average molecular weight is 365 g/mol. The second kappa shape index (κ2) is 14.3. The number of nitrogens with two attached hydrogens (primary N) is 1. The number of ether oxygens (including phenoxy) is 2. The highest BCUT2D eigenvalue weighted by Gasteiger charge is 2.17. The highest BCUT2D eigenvalue weighted by atomic mass is 16.7. The molecule has 0 fully saturated rings. The summed E-state index contributed by atoms with van der Waals surface area (Å²) in [6.07, 6.45) is 1.11. The Balaban J connectivity index is 0. The number of carboxylic acids is 1. The lowest BCUT2D eigenvalue weighted by atomic mass is 9.93. The predicted octanol–water partition coefficient (Wildman–Crippen LogP) is 3.01. The van der Waals surface area contributed by atoms with Crippen molar-refractivity contribution in [3.63, 3.8) is 0 Å². The van der Waals surface area contributed by atoms with Gasteiger partial charge in [0.05, 0.1) is 0 Å². The van der Waals surface area contributed by atoms with Crippen LogP contribution in [0.5, 0.6) is 0 Å². The highest BCUT2D eigenvalue weighted by Crippen LogP contribution is 2.18. The van der Waals surface area contributed by atoms with Crippen LogP contribution in [0.15, 0.2) is 0 Å². The van der Waals surface area contributed by atoms with Crippen molar-refractivity contribution in [2.75, 3.05) is 6.61 Å². The normalized spacial score (nSPS) is 13.8. The van der Waals surface area contributed by atoms with E-state index in [4.69, 9.17) is 30.6 Å². The third kappa shape index (κ3) is 19.9. The van der Waals surface area contributed by atoms with Crippen LogP contribution < -0.4 is 5.73 Å². The number of carbonyl (C=O) groups excluding carboxylic acids is 1. The van der Waals surface area contributed by atoms with Crippen LogP contribution in [0.2, 0.25) is 0 Å². The van der Waals surface area contributed by atoms with Crippen LogP contribution in [0.3, 0.4) is 0 Å². The van der Waals surface area contributed by atoms with Crippen LogP contribution in [-0.4, -0.2) is 52.4 Å².